The molecule has 0 bridgehead atoms. The standard InChI is InChI=1S/C9H19N3O2/c1-9(11,8(10)13)6-12(2)7-3-4-14-5-7/h7H,3-6,11H2,1-2H3,(H2,10,13). The molecule has 0 saturated carbocycles. The molecule has 0 aromatic heterocycles. The number of likely N-dealkylation sites (N-methyl/N-ethyl adjacent to an activating group) is 1. The molecule has 1 heterocycles. The van der Waals surface area contributed by atoms with E-state index in [0.717, 1.165) is 13.0 Å². The van der Waals surface area contributed by atoms with Gasteiger partial charge >= 0.3 is 0 Å². The molecule has 4 N–H and O–H groups in total. The predicted octanol–water partition coefficient (Wildman–Crippen LogP) is -1.09. The minimum Gasteiger partial charge on any atom is -0.380 e. The van der Waals surface area contributed by atoms with Gasteiger partial charge in [-0.25, -0.2) is 0 Å². The van der Waals surface area contributed by atoms with E-state index in [-0.39, 0.29) is 0 Å². The van der Waals surface area contributed by atoms with E-state index in [2.05, 4.69) is 0 Å². The van der Waals surface area contributed by atoms with Crippen LogP contribution >= 0.6 is 0 Å². The summed E-state index contributed by atoms with van der Waals surface area (Å²) in [5.41, 5.74) is 10.0. The van der Waals surface area contributed by atoms with Crippen LogP contribution in [0.4, 0.5) is 0 Å². The Labute approximate surface area is 84.4 Å². The molecule has 5 heteroatoms. The molecular weight excluding hydrogens is 182 g/mol. The van der Waals surface area contributed by atoms with Crippen molar-refractivity contribution in [2.24, 2.45) is 11.5 Å². The Balaban J connectivity index is 2.46. The molecule has 1 fully saturated rings. The minimum atomic E-state index is -0.961. The summed E-state index contributed by atoms with van der Waals surface area (Å²) in [5.74, 6) is -0.469. The first-order valence-electron chi connectivity index (χ1n) is 4.80. The maximum atomic E-state index is 11.0. The lowest BCUT2D eigenvalue weighted by Crippen LogP contribution is -2.57. The van der Waals surface area contributed by atoms with Gasteiger partial charge in [0.1, 0.15) is 5.54 Å². The number of ether oxygens (including phenoxy) is 1. The smallest absolute Gasteiger partial charge is 0.238 e. The van der Waals surface area contributed by atoms with Crippen LogP contribution in [0.15, 0.2) is 0 Å². The fourth-order valence-corrected chi connectivity index (χ4v) is 1.59. The lowest BCUT2D eigenvalue weighted by Gasteiger charge is -2.30. The second-order valence-corrected chi connectivity index (χ2v) is 4.21. The molecule has 1 aliphatic heterocycles. The maximum Gasteiger partial charge on any atom is 0.238 e. The topological polar surface area (TPSA) is 81.6 Å². The number of amides is 1. The van der Waals surface area contributed by atoms with Crippen molar-refractivity contribution in [2.75, 3.05) is 26.8 Å². The van der Waals surface area contributed by atoms with Crippen LogP contribution < -0.4 is 11.5 Å². The average Bonchev–Trinajstić information content (AvgIpc) is 2.54. The van der Waals surface area contributed by atoms with Crippen LogP contribution in [0, 0.1) is 0 Å². The third-order valence-corrected chi connectivity index (χ3v) is 2.67. The molecule has 0 aliphatic carbocycles. The van der Waals surface area contributed by atoms with Crippen molar-refractivity contribution < 1.29 is 9.53 Å². The fraction of sp³-hybridized carbons (Fsp3) is 0.889. The summed E-state index contributed by atoms with van der Waals surface area (Å²) in [4.78, 5) is 13.1. The van der Waals surface area contributed by atoms with Gasteiger partial charge < -0.3 is 16.2 Å². The summed E-state index contributed by atoms with van der Waals surface area (Å²) in [7, 11) is 1.94. The zero-order valence-electron chi connectivity index (χ0n) is 8.82. The third kappa shape index (κ3) is 2.67. The number of rotatable bonds is 4. The van der Waals surface area contributed by atoms with E-state index >= 15 is 0 Å². The molecule has 0 aromatic rings. The van der Waals surface area contributed by atoms with E-state index in [0.29, 0.717) is 19.2 Å². The predicted molar refractivity (Wildman–Crippen MR) is 53.6 cm³/mol. The van der Waals surface area contributed by atoms with Crippen LogP contribution in [0.5, 0.6) is 0 Å². The van der Waals surface area contributed by atoms with E-state index in [1.165, 1.54) is 0 Å². The van der Waals surface area contributed by atoms with Gasteiger partial charge in [0.15, 0.2) is 0 Å². The normalized spacial score (nSPS) is 26.4. The number of nitrogens with zero attached hydrogens (tertiary/aromatic N) is 1. The molecule has 1 aliphatic rings. The molecule has 0 radical (unpaired) electrons. The van der Waals surface area contributed by atoms with Crippen molar-refractivity contribution in [1.82, 2.24) is 4.90 Å². The van der Waals surface area contributed by atoms with E-state index < -0.39 is 11.4 Å². The average molecular weight is 201 g/mol. The molecular formula is C9H19N3O2. The molecule has 82 valence electrons. The quantitative estimate of drug-likeness (QED) is 0.605. The van der Waals surface area contributed by atoms with Crippen LogP contribution in [-0.2, 0) is 9.53 Å². The van der Waals surface area contributed by atoms with Crippen LogP contribution in [-0.4, -0.2) is 49.2 Å². The molecule has 0 aromatic carbocycles. The highest BCUT2D eigenvalue weighted by molar-refractivity contribution is 5.84. The first-order valence-corrected chi connectivity index (χ1v) is 4.80. The molecule has 1 rings (SSSR count). The lowest BCUT2D eigenvalue weighted by atomic mass is 10.0. The largest absolute Gasteiger partial charge is 0.380 e. The van der Waals surface area contributed by atoms with Gasteiger partial charge in [0.25, 0.3) is 0 Å². The number of hydrogen-bond acceptors (Lipinski definition) is 4. The summed E-state index contributed by atoms with van der Waals surface area (Å²) in [6, 6.07) is 0.359. The Hall–Kier alpha value is -0.650. The molecule has 14 heavy (non-hydrogen) atoms. The zero-order valence-corrected chi connectivity index (χ0v) is 8.82. The summed E-state index contributed by atoms with van der Waals surface area (Å²) in [5, 5.41) is 0. The summed E-state index contributed by atoms with van der Waals surface area (Å²) < 4.78 is 5.25. The van der Waals surface area contributed by atoms with Crippen molar-refractivity contribution in [3.8, 4) is 0 Å². The highest BCUT2D eigenvalue weighted by atomic mass is 16.5. The Kier molecular flexibility index (Phi) is 3.47. The van der Waals surface area contributed by atoms with Crippen LogP contribution in [0.3, 0.4) is 0 Å². The van der Waals surface area contributed by atoms with Crippen molar-refractivity contribution in [3.05, 3.63) is 0 Å². The van der Waals surface area contributed by atoms with Crippen LogP contribution in [0.1, 0.15) is 13.3 Å². The van der Waals surface area contributed by atoms with Gasteiger partial charge in [-0.2, -0.15) is 0 Å². The summed E-state index contributed by atoms with van der Waals surface area (Å²) >= 11 is 0. The SMILES string of the molecule is CN(CC(C)(N)C(N)=O)C1CCOC1. The Morgan fingerprint density at radius 3 is 2.79 bits per heavy atom. The molecule has 0 spiro atoms. The first-order chi connectivity index (χ1) is 6.43. The third-order valence-electron chi connectivity index (χ3n) is 2.67. The first kappa shape index (κ1) is 11.4. The lowest BCUT2D eigenvalue weighted by molar-refractivity contribution is -0.123. The van der Waals surface area contributed by atoms with Gasteiger partial charge in [-0.3, -0.25) is 9.69 Å². The van der Waals surface area contributed by atoms with E-state index in [4.69, 9.17) is 16.2 Å². The zero-order chi connectivity index (χ0) is 10.8. The van der Waals surface area contributed by atoms with Crippen molar-refractivity contribution >= 4 is 5.91 Å². The summed E-state index contributed by atoms with van der Waals surface area (Å²) in [6.45, 7) is 3.62. The fourth-order valence-electron chi connectivity index (χ4n) is 1.59. The number of carbonyl (C=O) groups excluding carboxylic acids is 1. The van der Waals surface area contributed by atoms with Crippen molar-refractivity contribution in [2.45, 2.75) is 24.9 Å². The second-order valence-electron chi connectivity index (χ2n) is 4.21. The van der Waals surface area contributed by atoms with Gasteiger partial charge in [-0.1, -0.05) is 0 Å². The van der Waals surface area contributed by atoms with Gasteiger partial charge in [0.05, 0.1) is 6.61 Å². The maximum absolute atomic E-state index is 11.0. The molecule has 2 atom stereocenters. The van der Waals surface area contributed by atoms with Crippen molar-refractivity contribution in [1.29, 1.82) is 0 Å². The van der Waals surface area contributed by atoms with Crippen molar-refractivity contribution in [3.63, 3.8) is 0 Å². The Morgan fingerprint density at radius 1 is 1.71 bits per heavy atom. The van der Waals surface area contributed by atoms with E-state index in [1.807, 2.05) is 11.9 Å². The van der Waals surface area contributed by atoms with Gasteiger partial charge in [-0.05, 0) is 20.4 Å². The van der Waals surface area contributed by atoms with E-state index in [1.54, 1.807) is 6.92 Å². The molecule has 2 unspecified atom stereocenters. The monoisotopic (exact) mass is 201 g/mol. The minimum absolute atomic E-state index is 0.359. The Bertz CT molecular complexity index is 212. The number of hydrogen-bond donors (Lipinski definition) is 2. The van der Waals surface area contributed by atoms with Gasteiger partial charge in [0, 0.05) is 19.2 Å². The highest BCUT2D eigenvalue weighted by Crippen LogP contribution is 2.12. The second kappa shape index (κ2) is 4.25. The molecule has 1 saturated heterocycles. The number of primary amides is 1. The van der Waals surface area contributed by atoms with Crippen LogP contribution in [0.25, 0.3) is 0 Å². The summed E-state index contributed by atoms with van der Waals surface area (Å²) in [6.07, 6.45) is 0.991. The van der Waals surface area contributed by atoms with Gasteiger partial charge in [-0.15, -0.1) is 0 Å². The Morgan fingerprint density at radius 2 is 2.36 bits per heavy atom. The molecule has 1 amide bonds. The van der Waals surface area contributed by atoms with Crippen LogP contribution in [0.2, 0.25) is 0 Å². The highest BCUT2D eigenvalue weighted by Gasteiger charge is 2.31. The van der Waals surface area contributed by atoms with Gasteiger partial charge in [0.2, 0.25) is 5.91 Å². The molecule has 5 nitrogen and oxygen atoms in total. The number of nitrogens with two attached hydrogens (primary N) is 2. The number of carbonyl (C=O) groups is 1. The van der Waals surface area contributed by atoms with E-state index in [9.17, 15) is 4.79 Å².